The predicted octanol–water partition coefficient (Wildman–Crippen LogP) is 5.06. The number of alkyl halides is 5. The Labute approximate surface area is 275 Å². The number of nitrogens with zero attached hydrogens (tertiary/aromatic N) is 4. The molecule has 1 saturated heterocycles. The third-order valence-corrected chi connectivity index (χ3v) is 8.49. The minimum absolute atomic E-state index is 0.0241. The van der Waals surface area contributed by atoms with E-state index in [1.54, 1.807) is 0 Å². The molecule has 2 atom stereocenters. The Balaban J connectivity index is 1.48. The largest absolute Gasteiger partial charge is 0.480 e. The van der Waals surface area contributed by atoms with Crippen molar-refractivity contribution < 1.29 is 45.8 Å². The SMILES string of the molecule is Cc1cc(N2CCOC[C@@H]2C(F)(F)F)cc(F)c1C(=O)N[C@@H](Cc1ccc(-c2c(C(C)(F)F)cc(C)n(C)c2=O)c2nccnc12)C(=O)O. The first kappa shape index (κ1) is 35.3. The van der Waals surface area contributed by atoms with Crippen molar-refractivity contribution in [1.82, 2.24) is 19.9 Å². The van der Waals surface area contributed by atoms with Gasteiger partial charge in [-0.2, -0.15) is 13.2 Å². The highest BCUT2D eigenvalue weighted by atomic mass is 19.4. The van der Waals surface area contributed by atoms with E-state index in [9.17, 15) is 41.4 Å². The highest BCUT2D eigenvalue weighted by Crippen LogP contribution is 2.37. The number of halogens is 6. The number of pyridine rings is 1. The molecule has 0 aliphatic carbocycles. The number of fused-ring (bicyclic) bond motifs is 1. The van der Waals surface area contributed by atoms with Crippen LogP contribution in [0.4, 0.5) is 32.0 Å². The van der Waals surface area contributed by atoms with Crippen molar-refractivity contribution in [1.29, 1.82) is 0 Å². The average Bonchev–Trinajstić information content (AvgIpc) is 3.02. The van der Waals surface area contributed by atoms with Gasteiger partial charge < -0.3 is 24.6 Å². The van der Waals surface area contributed by atoms with E-state index in [1.807, 2.05) is 0 Å². The molecule has 2 aromatic carbocycles. The van der Waals surface area contributed by atoms with Crippen LogP contribution < -0.4 is 15.8 Å². The molecule has 1 fully saturated rings. The van der Waals surface area contributed by atoms with Gasteiger partial charge in [0.05, 0.1) is 35.4 Å². The number of benzene rings is 2. The third kappa shape index (κ3) is 6.95. The predicted molar refractivity (Wildman–Crippen MR) is 166 cm³/mol. The molecule has 3 heterocycles. The van der Waals surface area contributed by atoms with Gasteiger partial charge >= 0.3 is 12.1 Å². The van der Waals surface area contributed by atoms with Crippen LogP contribution in [0.25, 0.3) is 22.2 Å². The lowest BCUT2D eigenvalue weighted by Crippen LogP contribution is -2.53. The van der Waals surface area contributed by atoms with Gasteiger partial charge in [0.1, 0.15) is 17.9 Å². The lowest BCUT2D eigenvalue weighted by Gasteiger charge is -2.38. The van der Waals surface area contributed by atoms with Crippen molar-refractivity contribution >= 4 is 28.6 Å². The topological polar surface area (TPSA) is 127 Å². The van der Waals surface area contributed by atoms with Crippen molar-refractivity contribution in [2.45, 2.75) is 51.4 Å². The maximum atomic E-state index is 15.4. The normalized spacial score (nSPS) is 16.1. The standard InChI is InChI=1S/C33H31F6N5O5/c1-16-11-19(44-9-10-49-15-24(44)33(37,38)39)14-22(34)25(16)29(45)42-23(31(47)48)13-18-5-6-20(28-27(18)40-7-8-41-28)26-21(32(3,35)36)12-17(2)43(4)30(26)46/h5-8,11-12,14,23-24H,9-10,13,15H2,1-4H3,(H,42,45)(H,47,48)/t23-,24+/m0/s1. The van der Waals surface area contributed by atoms with Gasteiger partial charge in [0.25, 0.3) is 17.4 Å². The van der Waals surface area contributed by atoms with Crippen LogP contribution in [0.15, 0.2) is 47.5 Å². The molecule has 10 nitrogen and oxygen atoms in total. The van der Waals surface area contributed by atoms with Gasteiger partial charge in [0.2, 0.25) is 0 Å². The highest BCUT2D eigenvalue weighted by molar-refractivity contribution is 5.99. The number of amides is 1. The fourth-order valence-corrected chi connectivity index (χ4v) is 5.92. The van der Waals surface area contributed by atoms with E-state index < -0.39 is 71.6 Å². The lowest BCUT2D eigenvalue weighted by atomic mass is 9.93. The lowest BCUT2D eigenvalue weighted by molar-refractivity contribution is -0.167. The molecule has 1 aliphatic rings. The Hall–Kier alpha value is -4.99. The molecule has 0 saturated carbocycles. The van der Waals surface area contributed by atoms with Crippen LogP contribution in [-0.2, 0) is 28.9 Å². The number of carboxylic acids is 1. The van der Waals surface area contributed by atoms with E-state index in [4.69, 9.17) is 4.74 Å². The summed E-state index contributed by atoms with van der Waals surface area (Å²) in [4.78, 5) is 48.4. The molecule has 1 amide bonds. The smallest absolute Gasteiger partial charge is 0.411 e. The van der Waals surface area contributed by atoms with Crippen LogP contribution in [0.3, 0.4) is 0 Å². The summed E-state index contributed by atoms with van der Waals surface area (Å²) < 4.78 is 91.9. The molecule has 1 aliphatic heterocycles. The van der Waals surface area contributed by atoms with Gasteiger partial charge in [0, 0.05) is 61.8 Å². The monoisotopic (exact) mass is 691 g/mol. The number of aliphatic carboxylic acids is 1. The summed E-state index contributed by atoms with van der Waals surface area (Å²) in [6.45, 7) is 2.63. The summed E-state index contributed by atoms with van der Waals surface area (Å²) in [6, 6.07) is 2.22. The third-order valence-electron chi connectivity index (χ3n) is 8.49. The maximum Gasteiger partial charge on any atom is 0.411 e. The number of carbonyl (C=O) groups excluding carboxylic acids is 1. The number of ether oxygens (including phenoxy) is 1. The van der Waals surface area contributed by atoms with Crippen LogP contribution in [-0.4, -0.2) is 69.5 Å². The molecule has 49 heavy (non-hydrogen) atoms. The number of aromatic nitrogens is 3. The van der Waals surface area contributed by atoms with Gasteiger partial charge in [-0.3, -0.25) is 19.6 Å². The number of rotatable bonds is 8. The zero-order chi connectivity index (χ0) is 36.0. The minimum atomic E-state index is -4.67. The molecule has 2 aromatic heterocycles. The summed E-state index contributed by atoms with van der Waals surface area (Å²) in [5.74, 6) is -7.21. The first-order valence-electron chi connectivity index (χ1n) is 15.0. The quantitative estimate of drug-likeness (QED) is 0.246. The molecular formula is C33H31F6N5O5. The van der Waals surface area contributed by atoms with Crippen LogP contribution in [0, 0.1) is 19.7 Å². The number of morpholine rings is 1. The molecule has 0 unspecified atom stereocenters. The second kappa shape index (κ2) is 13.1. The highest BCUT2D eigenvalue weighted by Gasteiger charge is 2.45. The summed E-state index contributed by atoms with van der Waals surface area (Å²) in [5, 5.41) is 12.3. The van der Waals surface area contributed by atoms with Crippen LogP contribution in [0.2, 0.25) is 0 Å². The molecule has 16 heteroatoms. The molecule has 0 spiro atoms. The number of nitrogens with one attached hydrogen (secondary N) is 1. The van der Waals surface area contributed by atoms with Gasteiger partial charge in [-0.05, 0) is 43.2 Å². The summed E-state index contributed by atoms with van der Waals surface area (Å²) in [6.07, 6.45) is -2.53. The molecule has 260 valence electrons. The summed E-state index contributed by atoms with van der Waals surface area (Å²) >= 11 is 0. The van der Waals surface area contributed by atoms with Gasteiger partial charge in [-0.15, -0.1) is 0 Å². The molecule has 0 radical (unpaired) electrons. The van der Waals surface area contributed by atoms with Gasteiger partial charge in [-0.25, -0.2) is 18.0 Å². The molecule has 0 bridgehead atoms. The van der Waals surface area contributed by atoms with Gasteiger partial charge in [-0.1, -0.05) is 12.1 Å². The van der Waals surface area contributed by atoms with E-state index in [1.165, 1.54) is 62.1 Å². The van der Waals surface area contributed by atoms with E-state index in [0.29, 0.717) is 12.6 Å². The van der Waals surface area contributed by atoms with Crippen LogP contribution >= 0.6 is 0 Å². The Morgan fingerprint density at radius 2 is 1.76 bits per heavy atom. The van der Waals surface area contributed by atoms with Gasteiger partial charge in [0.15, 0.2) is 0 Å². The van der Waals surface area contributed by atoms with Crippen molar-refractivity contribution in [3.05, 3.63) is 86.8 Å². The Morgan fingerprint density at radius 3 is 2.37 bits per heavy atom. The second-order valence-electron chi connectivity index (χ2n) is 11.9. The van der Waals surface area contributed by atoms with E-state index in [-0.39, 0.29) is 52.1 Å². The zero-order valence-electron chi connectivity index (χ0n) is 26.7. The summed E-state index contributed by atoms with van der Waals surface area (Å²) in [7, 11) is 1.43. The first-order chi connectivity index (χ1) is 22.9. The Bertz CT molecular complexity index is 1990. The number of anilines is 1. The number of hydrogen-bond acceptors (Lipinski definition) is 7. The summed E-state index contributed by atoms with van der Waals surface area (Å²) in [5.41, 5.74) is -1.62. The maximum absolute atomic E-state index is 15.4. The zero-order valence-corrected chi connectivity index (χ0v) is 26.7. The Kier molecular flexibility index (Phi) is 9.47. The molecule has 5 rings (SSSR count). The number of aryl methyl sites for hydroxylation is 2. The number of carbonyl (C=O) groups is 2. The van der Waals surface area contributed by atoms with Crippen LogP contribution in [0.5, 0.6) is 0 Å². The molecular weight excluding hydrogens is 660 g/mol. The van der Waals surface area contributed by atoms with Crippen molar-refractivity contribution in [3.63, 3.8) is 0 Å². The second-order valence-corrected chi connectivity index (χ2v) is 11.9. The Morgan fingerprint density at radius 1 is 1.08 bits per heavy atom. The fourth-order valence-electron chi connectivity index (χ4n) is 5.92. The average molecular weight is 692 g/mol. The fraction of sp³-hybridized carbons (Fsp3) is 0.364. The molecule has 4 aromatic rings. The van der Waals surface area contributed by atoms with E-state index in [2.05, 4.69) is 15.3 Å². The van der Waals surface area contributed by atoms with Crippen molar-refractivity contribution in [2.24, 2.45) is 7.05 Å². The first-order valence-corrected chi connectivity index (χ1v) is 15.0. The van der Waals surface area contributed by atoms with E-state index >= 15 is 4.39 Å². The molecule has 2 N–H and O–H groups in total. The number of carboxylic acid groups (broad SMARTS) is 1. The van der Waals surface area contributed by atoms with Crippen molar-refractivity contribution in [2.75, 3.05) is 24.7 Å². The van der Waals surface area contributed by atoms with Crippen LogP contribution in [0.1, 0.15) is 39.7 Å². The van der Waals surface area contributed by atoms with Crippen molar-refractivity contribution in [3.8, 4) is 11.1 Å². The number of hydrogen-bond donors (Lipinski definition) is 2. The van der Waals surface area contributed by atoms with E-state index in [0.717, 1.165) is 11.0 Å². The minimum Gasteiger partial charge on any atom is -0.480 e.